The number of nitrogens with one attached hydrogen (secondary N) is 1. The monoisotopic (exact) mass is 482 g/mol. The highest BCUT2D eigenvalue weighted by Crippen LogP contribution is 2.27. The number of rotatable bonds is 8. The number of esters is 1. The van der Waals surface area contributed by atoms with Crippen molar-refractivity contribution >= 4 is 51.0 Å². The Morgan fingerprint density at radius 2 is 1.79 bits per heavy atom. The van der Waals surface area contributed by atoms with E-state index in [-0.39, 0.29) is 19.1 Å². The zero-order valence-corrected chi connectivity index (χ0v) is 18.2. The Morgan fingerprint density at radius 1 is 1.10 bits per heavy atom. The first kappa shape index (κ1) is 22.7. The number of likely N-dealkylation sites (N-methyl/N-ethyl adjacent to an activating group) is 1. The van der Waals surface area contributed by atoms with Crippen LogP contribution in [-0.2, 0) is 19.1 Å². The Morgan fingerprint density at radius 3 is 2.45 bits per heavy atom. The Kier molecular flexibility index (Phi) is 8.48. The SMILES string of the molecule is Cc1ccc(NC(=O)CN(C)C(=O)COC(=O)COc2ccc(Cl)cc2Br)cc1. The van der Waals surface area contributed by atoms with Crippen molar-refractivity contribution in [1.82, 2.24) is 4.90 Å². The first-order valence-corrected chi connectivity index (χ1v) is 9.75. The molecule has 0 aliphatic rings. The fourth-order valence-electron chi connectivity index (χ4n) is 2.16. The molecule has 0 bridgehead atoms. The van der Waals surface area contributed by atoms with Gasteiger partial charge in [-0.3, -0.25) is 9.59 Å². The molecule has 0 aliphatic carbocycles. The molecule has 0 unspecified atom stereocenters. The highest BCUT2D eigenvalue weighted by molar-refractivity contribution is 9.10. The van der Waals surface area contributed by atoms with Crippen LogP contribution in [0.5, 0.6) is 5.75 Å². The van der Waals surface area contributed by atoms with Crippen molar-refractivity contribution in [2.75, 3.05) is 32.1 Å². The smallest absolute Gasteiger partial charge is 0.344 e. The molecule has 0 saturated carbocycles. The highest BCUT2D eigenvalue weighted by atomic mass is 79.9. The Balaban J connectivity index is 1.72. The maximum atomic E-state index is 12.1. The summed E-state index contributed by atoms with van der Waals surface area (Å²) in [6, 6.07) is 12.1. The van der Waals surface area contributed by atoms with E-state index in [4.69, 9.17) is 21.1 Å². The highest BCUT2D eigenvalue weighted by Gasteiger charge is 2.16. The summed E-state index contributed by atoms with van der Waals surface area (Å²) >= 11 is 9.10. The Labute approximate surface area is 182 Å². The van der Waals surface area contributed by atoms with Gasteiger partial charge in [-0.05, 0) is 53.2 Å². The summed E-state index contributed by atoms with van der Waals surface area (Å²) in [5.74, 6) is -1.16. The molecule has 0 aromatic heterocycles. The third-order valence-corrected chi connectivity index (χ3v) is 4.59. The molecule has 0 radical (unpaired) electrons. The van der Waals surface area contributed by atoms with Gasteiger partial charge in [0.05, 0.1) is 11.0 Å². The van der Waals surface area contributed by atoms with Crippen molar-refractivity contribution in [3.63, 3.8) is 0 Å². The summed E-state index contributed by atoms with van der Waals surface area (Å²) in [4.78, 5) is 37.0. The molecular formula is C20H20BrClN2O5. The summed E-state index contributed by atoms with van der Waals surface area (Å²) in [5.41, 5.74) is 1.71. The second-order valence-electron chi connectivity index (χ2n) is 6.19. The van der Waals surface area contributed by atoms with Gasteiger partial charge >= 0.3 is 5.97 Å². The minimum atomic E-state index is -0.710. The van der Waals surface area contributed by atoms with Gasteiger partial charge < -0.3 is 19.7 Å². The molecular weight excluding hydrogens is 464 g/mol. The molecule has 1 N–H and O–H groups in total. The van der Waals surface area contributed by atoms with Gasteiger partial charge in [-0.15, -0.1) is 0 Å². The van der Waals surface area contributed by atoms with E-state index in [0.29, 0.717) is 20.9 Å². The van der Waals surface area contributed by atoms with E-state index in [0.717, 1.165) is 5.56 Å². The van der Waals surface area contributed by atoms with E-state index in [9.17, 15) is 14.4 Å². The van der Waals surface area contributed by atoms with Gasteiger partial charge in [-0.2, -0.15) is 0 Å². The zero-order chi connectivity index (χ0) is 21.4. The predicted molar refractivity (Wildman–Crippen MR) is 113 cm³/mol. The van der Waals surface area contributed by atoms with Crippen LogP contribution in [0, 0.1) is 6.92 Å². The summed E-state index contributed by atoms with van der Waals surface area (Å²) < 4.78 is 10.8. The summed E-state index contributed by atoms with van der Waals surface area (Å²) in [7, 11) is 1.45. The van der Waals surface area contributed by atoms with Gasteiger partial charge in [0.2, 0.25) is 5.91 Å². The molecule has 0 saturated heterocycles. The molecule has 9 heteroatoms. The van der Waals surface area contributed by atoms with Crippen LogP contribution in [0.1, 0.15) is 5.56 Å². The molecule has 2 amide bonds. The van der Waals surface area contributed by atoms with Crippen LogP contribution in [0.15, 0.2) is 46.9 Å². The largest absolute Gasteiger partial charge is 0.481 e. The van der Waals surface area contributed by atoms with Crippen LogP contribution in [0.3, 0.4) is 0 Å². The van der Waals surface area contributed by atoms with Crippen LogP contribution < -0.4 is 10.1 Å². The van der Waals surface area contributed by atoms with Crippen molar-refractivity contribution < 1.29 is 23.9 Å². The third kappa shape index (κ3) is 7.75. The van der Waals surface area contributed by atoms with Crippen molar-refractivity contribution in [2.24, 2.45) is 0 Å². The van der Waals surface area contributed by atoms with Crippen molar-refractivity contribution in [1.29, 1.82) is 0 Å². The number of ether oxygens (including phenoxy) is 2. The number of carbonyl (C=O) groups excluding carboxylic acids is 3. The number of amides is 2. The summed E-state index contributed by atoms with van der Waals surface area (Å²) in [6.45, 7) is 0.917. The third-order valence-electron chi connectivity index (χ3n) is 3.74. The van der Waals surface area contributed by atoms with Gasteiger partial charge in [-0.1, -0.05) is 29.3 Å². The van der Waals surface area contributed by atoms with Crippen LogP contribution in [0.25, 0.3) is 0 Å². The Bertz CT molecular complexity index is 889. The lowest BCUT2D eigenvalue weighted by Crippen LogP contribution is -2.37. The van der Waals surface area contributed by atoms with Crippen LogP contribution in [0.2, 0.25) is 5.02 Å². The summed E-state index contributed by atoms with van der Waals surface area (Å²) in [6.07, 6.45) is 0. The first-order valence-electron chi connectivity index (χ1n) is 8.58. The van der Waals surface area contributed by atoms with Crippen LogP contribution in [0.4, 0.5) is 5.69 Å². The van der Waals surface area contributed by atoms with Gasteiger partial charge in [0, 0.05) is 17.8 Å². The van der Waals surface area contributed by atoms with Crippen molar-refractivity contribution in [3.8, 4) is 5.75 Å². The number of anilines is 1. The van der Waals surface area contributed by atoms with Gasteiger partial charge in [-0.25, -0.2) is 4.79 Å². The molecule has 2 aromatic carbocycles. The second-order valence-corrected chi connectivity index (χ2v) is 7.48. The molecule has 2 aromatic rings. The Hall–Kier alpha value is -2.58. The lowest BCUT2D eigenvalue weighted by atomic mass is 10.2. The number of halogens is 2. The second kappa shape index (κ2) is 10.8. The number of aryl methyl sites for hydroxylation is 1. The van der Waals surface area contributed by atoms with Gasteiger partial charge in [0.25, 0.3) is 5.91 Å². The molecule has 0 atom stereocenters. The molecule has 0 fully saturated rings. The number of benzene rings is 2. The molecule has 2 rings (SSSR count). The van der Waals surface area contributed by atoms with Gasteiger partial charge in [0.1, 0.15) is 5.75 Å². The average molecular weight is 484 g/mol. The zero-order valence-electron chi connectivity index (χ0n) is 15.9. The lowest BCUT2D eigenvalue weighted by molar-refractivity contribution is -0.153. The van der Waals surface area contributed by atoms with E-state index in [1.54, 1.807) is 30.3 Å². The van der Waals surface area contributed by atoms with Gasteiger partial charge in [0.15, 0.2) is 13.2 Å². The first-order chi connectivity index (χ1) is 13.7. The van der Waals surface area contributed by atoms with E-state index in [2.05, 4.69) is 21.2 Å². The minimum absolute atomic E-state index is 0.168. The molecule has 29 heavy (non-hydrogen) atoms. The number of hydrogen-bond donors (Lipinski definition) is 1. The molecule has 0 spiro atoms. The average Bonchev–Trinajstić information content (AvgIpc) is 2.67. The van der Waals surface area contributed by atoms with E-state index in [1.165, 1.54) is 11.9 Å². The number of nitrogens with zero attached hydrogens (tertiary/aromatic N) is 1. The maximum Gasteiger partial charge on any atom is 0.344 e. The van der Waals surface area contributed by atoms with E-state index < -0.39 is 18.5 Å². The standard InChI is InChI=1S/C20H20BrClN2O5/c1-13-3-6-15(7-4-13)23-18(25)10-24(2)19(26)11-29-20(27)12-28-17-8-5-14(22)9-16(17)21/h3-9H,10-12H2,1-2H3,(H,23,25). The minimum Gasteiger partial charge on any atom is -0.481 e. The van der Waals surface area contributed by atoms with E-state index in [1.807, 2.05) is 19.1 Å². The maximum absolute atomic E-state index is 12.1. The fraction of sp³-hybridized carbons (Fsp3) is 0.250. The lowest BCUT2D eigenvalue weighted by Gasteiger charge is -2.17. The topological polar surface area (TPSA) is 84.9 Å². The number of hydrogen-bond acceptors (Lipinski definition) is 5. The van der Waals surface area contributed by atoms with Crippen molar-refractivity contribution in [2.45, 2.75) is 6.92 Å². The fourth-order valence-corrected chi connectivity index (χ4v) is 2.96. The summed E-state index contributed by atoms with van der Waals surface area (Å²) in [5, 5.41) is 3.21. The molecule has 0 aliphatic heterocycles. The van der Waals surface area contributed by atoms with Crippen molar-refractivity contribution in [3.05, 3.63) is 57.5 Å². The molecule has 0 heterocycles. The molecule has 154 valence electrons. The van der Waals surface area contributed by atoms with E-state index >= 15 is 0 Å². The normalized spacial score (nSPS) is 10.2. The number of carbonyl (C=O) groups is 3. The quantitative estimate of drug-likeness (QED) is 0.582. The van der Waals surface area contributed by atoms with Crippen LogP contribution >= 0.6 is 27.5 Å². The predicted octanol–water partition coefficient (Wildman–Crippen LogP) is 3.43. The van der Waals surface area contributed by atoms with Crippen LogP contribution in [-0.4, -0.2) is 49.5 Å². The molecule has 7 nitrogen and oxygen atoms in total.